The minimum absolute atomic E-state index is 0.246. The number of halogens is 1. The van der Waals surface area contributed by atoms with E-state index >= 15 is 0 Å². The van der Waals surface area contributed by atoms with Crippen molar-refractivity contribution >= 4 is 38.8 Å². The minimum Gasteiger partial charge on any atom is -0.443 e. The van der Waals surface area contributed by atoms with Gasteiger partial charge in [-0.05, 0) is 30.3 Å². The summed E-state index contributed by atoms with van der Waals surface area (Å²) in [6.45, 7) is 0. The molecule has 5 nitrogen and oxygen atoms in total. The van der Waals surface area contributed by atoms with Gasteiger partial charge in [-0.1, -0.05) is 15.9 Å². The van der Waals surface area contributed by atoms with Crippen LogP contribution in [0.5, 0.6) is 0 Å². The highest BCUT2D eigenvalue weighted by Gasteiger charge is 2.09. The molecule has 0 bridgehead atoms. The van der Waals surface area contributed by atoms with Crippen LogP contribution in [0.25, 0.3) is 11.1 Å². The number of rotatable bonds is 2. The van der Waals surface area contributed by atoms with Crippen molar-refractivity contribution in [1.82, 2.24) is 9.97 Å². The Bertz CT molecular complexity index is 754. The number of carbonyl (C=O) groups excluding carboxylic acids is 1. The molecule has 2 aromatic heterocycles. The summed E-state index contributed by atoms with van der Waals surface area (Å²) in [7, 11) is 0. The van der Waals surface area contributed by atoms with Crippen molar-refractivity contribution < 1.29 is 9.21 Å². The summed E-state index contributed by atoms with van der Waals surface area (Å²) in [6.07, 6.45) is 2.96. The number of oxazole rings is 1. The van der Waals surface area contributed by atoms with Gasteiger partial charge in [0.1, 0.15) is 11.3 Å². The lowest BCUT2D eigenvalue weighted by Gasteiger charge is -2.04. The van der Waals surface area contributed by atoms with Crippen LogP contribution in [0.4, 0.5) is 5.82 Å². The molecule has 94 valence electrons. The fraction of sp³-hybridized carbons (Fsp3) is 0. The van der Waals surface area contributed by atoms with Crippen LogP contribution in [-0.4, -0.2) is 15.9 Å². The van der Waals surface area contributed by atoms with Gasteiger partial charge in [-0.25, -0.2) is 9.97 Å². The first-order valence-electron chi connectivity index (χ1n) is 5.48. The first-order chi connectivity index (χ1) is 9.22. The highest BCUT2D eigenvalue weighted by Crippen LogP contribution is 2.17. The predicted molar refractivity (Wildman–Crippen MR) is 73.9 cm³/mol. The van der Waals surface area contributed by atoms with E-state index in [1.165, 1.54) is 6.39 Å². The van der Waals surface area contributed by atoms with Crippen LogP contribution in [0.1, 0.15) is 10.4 Å². The number of aromatic nitrogens is 2. The number of pyridine rings is 1. The lowest BCUT2D eigenvalue weighted by molar-refractivity contribution is 0.102. The van der Waals surface area contributed by atoms with Gasteiger partial charge in [0.05, 0.1) is 0 Å². The molecular formula is C13H8BrN3O2. The molecule has 6 heteroatoms. The van der Waals surface area contributed by atoms with Crippen LogP contribution in [0.15, 0.2) is 51.8 Å². The third kappa shape index (κ3) is 2.48. The van der Waals surface area contributed by atoms with Crippen LogP contribution in [0.2, 0.25) is 0 Å². The number of nitrogens with one attached hydrogen (secondary N) is 1. The molecule has 0 aliphatic heterocycles. The van der Waals surface area contributed by atoms with Gasteiger partial charge in [0.25, 0.3) is 5.91 Å². The number of benzene rings is 1. The van der Waals surface area contributed by atoms with Crippen molar-refractivity contribution in [3.8, 4) is 0 Å². The summed E-state index contributed by atoms with van der Waals surface area (Å²) in [4.78, 5) is 20.1. The molecule has 0 saturated heterocycles. The second-order valence-electron chi connectivity index (χ2n) is 3.85. The summed E-state index contributed by atoms with van der Waals surface area (Å²) in [5.41, 5.74) is 1.79. The van der Waals surface area contributed by atoms with Crippen LogP contribution < -0.4 is 5.32 Å². The predicted octanol–water partition coefficient (Wildman–Crippen LogP) is 3.24. The van der Waals surface area contributed by atoms with E-state index in [9.17, 15) is 4.79 Å². The SMILES string of the molecule is O=C(Nc1cc(Br)ccn1)c1ccc2ncoc2c1. The molecule has 2 heterocycles. The normalized spacial score (nSPS) is 10.6. The molecule has 19 heavy (non-hydrogen) atoms. The van der Waals surface area contributed by atoms with Crippen molar-refractivity contribution in [2.45, 2.75) is 0 Å². The number of anilines is 1. The average Bonchev–Trinajstić information content (AvgIpc) is 2.85. The zero-order valence-corrected chi connectivity index (χ0v) is 11.2. The number of carbonyl (C=O) groups is 1. The highest BCUT2D eigenvalue weighted by molar-refractivity contribution is 9.10. The summed E-state index contributed by atoms with van der Waals surface area (Å²) in [5.74, 6) is 0.237. The Labute approximate surface area is 116 Å². The largest absolute Gasteiger partial charge is 0.443 e. The second kappa shape index (κ2) is 4.81. The highest BCUT2D eigenvalue weighted by atomic mass is 79.9. The lowest BCUT2D eigenvalue weighted by atomic mass is 10.2. The molecule has 0 unspecified atom stereocenters. The van der Waals surface area contributed by atoms with E-state index in [-0.39, 0.29) is 5.91 Å². The van der Waals surface area contributed by atoms with Gasteiger partial charge >= 0.3 is 0 Å². The van der Waals surface area contributed by atoms with Gasteiger partial charge in [0.2, 0.25) is 0 Å². The molecule has 0 aliphatic rings. The number of nitrogens with zero attached hydrogens (tertiary/aromatic N) is 2. The van der Waals surface area contributed by atoms with E-state index in [0.717, 1.165) is 9.99 Å². The Morgan fingerprint density at radius 3 is 2.95 bits per heavy atom. The van der Waals surface area contributed by atoms with Crippen molar-refractivity contribution in [3.05, 3.63) is 53.0 Å². The summed E-state index contributed by atoms with van der Waals surface area (Å²) in [6, 6.07) is 8.59. The monoisotopic (exact) mass is 317 g/mol. The summed E-state index contributed by atoms with van der Waals surface area (Å²) in [5, 5.41) is 2.71. The van der Waals surface area contributed by atoms with Gasteiger partial charge in [-0.15, -0.1) is 0 Å². The van der Waals surface area contributed by atoms with Gasteiger partial charge < -0.3 is 9.73 Å². The number of fused-ring (bicyclic) bond motifs is 1. The molecule has 1 aromatic carbocycles. The second-order valence-corrected chi connectivity index (χ2v) is 4.76. The third-order valence-electron chi connectivity index (χ3n) is 2.56. The molecule has 1 N–H and O–H groups in total. The van der Waals surface area contributed by atoms with Gasteiger partial charge in [-0.2, -0.15) is 0 Å². The molecule has 0 aliphatic carbocycles. The zero-order chi connectivity index (χ0) is 13.2. The molecule has 0 saturated carbocycles. The topological polar surface area (TPSA) is 68.0 Å². The van der Waals surface area contributed by atoms with E-state index in [1.54, 1.807) is 36.5 Å². The Hall–Kier alpha value is -2.21. The van der Waals surface area contributed by atoms with Gasteiger partial charge in [0, 0.05) is 16.2 Å². The Balaban J connectivity index is 1.87. The minimum atomic E-state index is -0.246. The molecule has 3 aromatic rings. The van der Waals surface area contributed by atoms with E-state index < -0.39 is 0 Å². The standard InChI is InChI=1S/C13H8BrN3O2/c14-9-3-4-15-12(6-9)17-13(18)8-1-2-10-11(5-8)19-7-16-10/h1-7H,(H,15,17,18). The molecular weight excluding hydrogens is 310 g/mol. The van der Waals surface area contributed by atoms with E-state index in [2.05, 4.69) is 31.2 Å². The van der Waals surface area contributed by atoms with E-state index in [1.807, 2.05) is 0 Å². The number of amides is 1. The van der Waals surface area contributed by atoms with E-state index in [4.69, 9.17) is 4.42 Å². The number of hydrogen-bond donors (Lipinski definition) is 1. The van der Waals surface area contributed by atoms with Crippen LogP contribution >= 0.6 is 15.9 Å². The van der Waals surface area contributed by atoms with Crippen LogP contribution in [0, 0.1) is 0 Å². The first-order valence-corrected chi connectivity index (χ1v) is 6.28. The van der Waals surface area contributed by atoms with Crippen molar-refractivity contribution in [3.63, 3.8) is 0 Å². The number of hydrogen-bond acceptors (Lipinski definition) is 4. The van der Waals surface area contributed by atoms with E-state index in [0.29, 0.717) is 17.0 Å². The first kappa shape index (κ1) is 11.9. The molecule has 0 spiro atoms. The molecule has 0 radical (unpaired) electrons. The quantitative estimate of drug-likeness (QED) is 0.787. The molecule has 0 fully saturated rings. The average molecular weight is 318 g/mol. The van der Waals surface area contributed by atoms with Crippen LogP contribution in [-0.2, 0) is 0 Å². The maximum atomic E-state index is 12.1. The smallest absolute Gasteiger partial charge is 0.256 e. The van der Waals surface area contributed by atoms with Gasteiger partial charge in [0.15, 0.2) is 12.0 Å². The fourth-order valence-electron chi connectivity index (χ4n) is 1.66. The molecule has 1 amide bonds. The Morgan fingerprint density at radius 2 is 2.11 bits per heavy atom. The van der Waals surface area contributed by atoms with Crippen LogP contribution in [0.3, 0.4) is 0 Å². The molecule has 0 atom stereocenters. The fourth-order valence-corrected chi connectivity index (χ4v) is 1.99. The Morgan fingerprint density at radius 1 is 1.21 bits per heavy atom. The Kier molecular flexibility index (Phi) is 3.00. The maximum Gasteiger partial charge on any atom is 0.256 e. The maximum absolute atomic E-state index is 12.1. The molecule has 3 rings (SSSR count). The zero-order valence-electron chi connectivity index (χ0n) is 9.63. The van der Waals surface area contributed by atoms with Gasteiger partial charge in [-0.3, -0.25) is 4.79 Å². The summed E-state index contributed by atoms with van der Waals surface area (Å²) >= 11 is 3.32. The van der Waals surface area contributed by atoms with Crippen molar-refractivity contribution in [1.29, 1.82) is 0 Å². The lowest BCUT2D eigenvalue weighted by Crippen LogP contribution is -2.12. The summed E-state index contributed by atoms with van der Waals surface area (Å²) < 4.78 is 6.01. The van der Waals surface area contributed by atoms with Crippen molar-refractivity contribution in [2.75, 3.05) is 5.32 Å². The third-order valence-corrected chi connectivity index (χ3v) is 3.05. The van der Waals surface area contributed by atoms with Crippen molar-refractivity contribution in [2.24, 2.45) is 0 Å².